The van der Waals surface area contributed by atoms with Crippen molar-refractivity contribution < 1.29 is 27.5 Å². The van der Waals surface area contributed by atoms with Crippen molar-refractivity contribution in [1.82, 2.24) is 20.9 Å². The second-order valence-corrected chi connectivity index (χ2v) is 13.4. The van der Waals surface area contributed by atoms with E-state index in [0.717, 1.165) is 41.6 Å². The van der Waals surface area contributed by atoms with Gasteiger partial charge in [-0.3, -0.25) is 14.4 Å². The van der Waals surface area contributed by atoms with Crippen molar-refractivity contribution in [3.05, 3.63) is 53.0 Å². The van der Waals surface area contributed by atoms with Gasteiger partial charge in [-0.25, -0.2) is 13.4 Å². The number of thiazole rings is 1. The van der Waals surface area contributed by atoms with Gasteiger partial charge in [0.05, 0.1) is 22.4 Å². The number of amides is 3. The van der Waals surface area contributed by atoms with Crippen LogP contribution in [0.2, 0.25) is 0 Å². The molecule has 1 atom stereocenters. The average molecular weight is 573 g/mol. The molecule has 3 amide bonds. The maximum atomic E-state index is 12.8. The summed E-state index contributed by atoms with van der Waals surface area (Å²) in [5.41, 5.74) is 2.31. The number of sulfone groups is 1. The van der Waals surface area contributed by atoms with E-state index in [1.807, 2.05) is 38.1 Å². The quantitative estimate of drug-likeness (QED) is 0.320. The number of nitrogens with zero attached hydrogens (tertiary/aromatic N) is 1. The second-order valence-electron chi connectivity index (χ2n) is 10.2. The monoisotopic (exact) mass is 572 g/mol. The first kappa shape index (κ1) is 28.7. The van der Waals surface area contributed by atoms with Crippen LogP contribution < -0.4 is 16.0 Å². The van der Waals surface area contributed by atoms with Crippen molar-refractivity contribution >= 4 is 49.1 Å². The summed E-state index contributed by atoms with van der Waals surface area (Å²) in [4.78, 5) is 41.7. The lowest BCUT2D eigenvalue weighted by molar-refractivity contribution is -0.126. The van der Waals surface area contributed by atoms with Gasteiger partial charge in [0.25, 0.3) is 5.91 Å². The smallest absolute Gasteiger partial charge is 0.251 e. The highest BCUT2D eigenvalue weighted by molar-refractivity contribution is 7.91. The zero-order valence-electron chi connectivity index (χ0n) is 22.2. The molecule has 0 radical (unpaired) electrons. The first-order valence-corrected chi connectivity index (χ1v) is 15.2. The van der Waals surface area contributed by atoms with Crippen LogP contribution in [-0.2, 0) is 24.2 Å². The number of hydrogen-bond donors (Lipinski definition) is 3. The predicted octanol–water partition coefficient (Wildman–Crippen LogP) is 2.60. The van der Waals surface area contributed by atoms with Crippen LogP contribution in [-0.4, -0.2) is 69.2 Å². The van der Waals surface area contributed by atoms with Gasteiger partial charge in [-0.05, 0) is 62.1 Å². The molecule has 1 heterocycles. The first-order chi connectivity index (χ1) is 18.4. The van der Waals surface area contributed by atoms with E-state index >= 15 is 0 Å². The van der Waals surface area contributed by atoms with Gasteiger partial charge >= 0.3 is 0 Å². The molecule has 0 saturated heterocycles. The summed E-state index contributed by atoms with van der Waals surface area (Å²) in [6.07, 6.45) is 2.80. The summed E-state index contributed by atoms with van der Waals surface area (Å²) in [6.45, 7) is 3.84. The number of rotatable bonds is 11. The Kier molecular flexibility index (Phi) is 8.38. The number of methoxy groups -OCH3 is 1. The lowest BCUT2D eigenvalue weighted by Gasteiger charge is -2.23. The van der Waals surface area contributed by atoms with E-state index in [0.29, 0.717) is 22.3 Å². The third-order valence-corrected chi connectivity index (χ3v) is 8.89. The maximum absolute atomic E-state index is 12.8. The van der Waals surface area contributed by atoms with E-state index in [1.165, 1.54) is 0 Å². The number of fused-ring (bicyclic) bond motifs is 1. The summed E-state index contributed by atoms with van der Waals surface area (Å²) in [5.74, 6) is -1.34. The Balaban J connectivity index is 1.50. The molecule has 3 N–H and O–H groups in total. The van der Waals surface area contributed by atoms with Crippen LogP contribution in [0, 0.1) is 0 Å². The lowest BCUT2D eigenvalue weighted by Crippen LogP contribution is -2.41. The number of carbonyl (C=O) groups excluding carboxylic acids is 3. The van der Waals surface area contributed by atoms with Crippen molar-refractivity contribution in [2.24, 2.45) is 0 Å². The van der Waals surface area contributed by atoms with Gasteiger partial charge in [0, 0.05) is 31.5 Å². The molecule has 1 fully saturated rings. The van der Waals surface area contributed by atoms with Gasteiger partial charge < -0.3 is 20.7 Å². The Hall–Kier alpha value is -3.35. The molecule has 12 heteroatoms. The van der Waals surface area contributed by atoms with Crippen LogP contribution in [0.4, 0.5) is 0 Å². The summed E-state index contributed by atoms with van der Waals surface area (Å²) in [5, 5.41) is 6.66. The molecule has 1 aliphatic carbocycles. The highest BCUT2D eigenvalue weighted by Gasteiger charge is 2.34. The standard InChI is InChI=1S/C27H32N4O6S2/c1-27(2,37-3)15-29-24(33)17-7-5-16(6-8-17)18-9-12-20-21(13-18)38-26(31-20)23(39(4,35)36)25(34)28-14-22(32)30-19-10-11-19/h5-9,12-13,19,23H,10-11,14-15H2,1-4H3,(H,28,34)(H,29,33)(H,30,32). The van der Waals surface area contributed by atoms with Crippen molar-refractivity contribution in [1.29, 1.82) is 0 Å². The molecule has 10 nitrogen and oxygen atoms in total. The van der Waals surface area contributed by atoms with Crippen LogP contribution in [0.25, 0.3) is 21.3 Å². The Morgan fingerprint density at radius 3 is 2.36 bits per heavy atom. The number of ether oxygens (including phenoxy) is 1. The minimum atomic E-state index is -3.86. The lowest BCUT2D eigenvalue weighted by atomic mass is 10.0. The van der Waals surface area contributed by atoms with Crippen LogP contribution in [0.3, 0.4) is 0 Å². The van der Waals surface area contributed by atoms with Gasteiger partial charge in [0.1, 0.15) is 5.01 Å². The molecular formula is C27H32N4O6S2. The highest BCUT2D eigenvalue weighted by Crippen LogP contribution is 2.33. The Morgan fingerprint density at radius 2 is 1.74 bits per heavy atom. The van der Waals surface area contributed by atoms with E-state index < -0.39 is 26.6 Å². The zero-order valence-corrected chi connectivity index (χ0v) is 23.9. The molecule has 1 saturated carbocycles. The summed E-state index contributed by atoms with van der Waals surface area (Å²) in [6, 6.07) is 12.7. The molecule has 0 aliphatic heterocycles. The van der Waals surface area contributed by atoms with Crippen molar-refractivity contribution in [2.75, 3.05) is 26.5 Å². The molecular weight excluding hydrogens is 540 g/mol. The van der Waals surface area contributed by atoms with Crippen LogP contribution in [0.5, 0.6) is 0 Å². The molecule has 1 aromatic heterocycles. The summed E-state index contributed by atoms with van der Waals surface area (Å²) in [7, 11) is -2.26. The third-order valence-electron chi connectivity index (χ3n) is 6.37. The third kappa shape index (κ3) is 7.40. The van der Waals surface area contributed by atoms with Crippen LogP contribution in [0.15, 0.2) is 42.5 Å². The van der Waals surface area contributed by atoms with Crippen molar-refractivity contribution in [3.63, 3.8) is 0 Å². The van der Waals surface area contributed by atoms with Gasteiger partial charge in [-0.15, -0.1) is 11.3 Å². The maximum Gasteiger partial charge on any atom is 0.251 e. The van der Waals surface area contributed by atoms with E-state index in [4.69, 9.17) is 4.74 Å². The number of aromatic nitrogens is 1. The molecule has 0 spiro atoms. The number of carbonyl (C=O) groups is 3. The topological polar surface area (TPSA) is 144 Å². The largest absolute Gasteiger partial charge is 0.377 e. The fraction of sp³-hybridized carbons (Fsp3) is 0.407. The summed E-state index contributed by atoms with van der Waals surface area (Å²) >= 11 is 1.12. The second kappa shape index (κ2) is 11.4. The first-order valence-electron chi connectivity index (χ1n) is 12.5. The van der Waals surface area contributed by atoms with Crippen molar-refractivity contribution in [3.8, 4) is 11.1 Å². The number of hydrogen-bond acceptors (Lipinski definition) is 8. The molecule has 1 unspecified atom stereocenters. The Morgan fingerprint density at radius 1 is 1.08 bits per heavy atom. The van der Waals surface area contributed by atoms with Gasteiger partial charge in [-0.2, -0.15) is 0 Å². The minimum absolute atomic E-state index is 0.135. The van der Waals surface area contributed by atoms with Gasteiger partial charge in [0.15, 0.2) is 15.1 Å². The van der Waals surface area contributed by atoms with E-state index in [9.17, 15) is 22.8 Å². The fourth-order valence-corrected chi connectivity index (χ4v) is 6.32. The normalized spacial score (nSPS) is 14.6. The van der Waals surface area contributed by atoms with E-state index in [-0.39, 0.29) is 29.4 Å². The Bertz CT molecular complexity index is 1490. The van der Waals surface area contributed by atoms with Crippen molar-refractivity contribution in [2.45, 2.75) is 43.6 Å². The SMILES string of the molecule is COC(C)(C)CNC(=O)c1ccc(-c2ccc3nc(C(C(=O)NCC(=O)NC4CC4)S(C)(=O)=O)sc3c2)cc1. The number of benzene rings is 2. The van der Waals surface area contributed by atoms with E-state index in [1.54, 1.807) is 25.3 Å². The van der Waals surface area contributed by atoms with E-state index in [2.05, 4.69) is 20.9 Å². The average Bonchev–Trinajstić information content (AvgIpc) is 3.60. The molecule has 4 rings (SSSR count). The van der Waals surface area contributed by atoms with Crippen LogP contribution >= 0.6 is 11.3 Å². The fourth-order valence-electron chi connectivity index (χ4n) is 3.77. The summed E-state index contributed by atoms with van der Waals surface area (Å²) < 4.78 is 31.1. The minimum Gasteiger partial charge on any atom is -0.377 e. The molecule has 208 valence electrons. The predicted molar refractivity (Wildman–Crippen MR) is 150 cm³/mol. The molecule has 0 bridgehead atoms. The van der Waals surface area contributed by atoms with Gasteiger partial charge in [0.2, 0.25) is 11.8 Å². The molecule has 2 aromatic carbocycles. The number of nitrogens with one attached hydrogen (secondary N) is 3. The molecule has 39 heavy (non-hydrogen) atoms. The highest BCUT2D eigenvalue weighted by atomic mass is 32.2. The molecule has 1 aliphatic rings. The zero-order chi connectivity index (χ0) is 28.4. The Labute approximate surface area is 231 Å². The van der Waals surface area contributed by atoms with Crippen LogP contribution in [0.1, 0.15) is 47.3 Å². The van der Waals surface area contributed by atoms with Gasteiger partial charge in [-0.1, -0.05) is 18.2 Å². The molecule has 3 aromatic rings.